The van der Waals surface area contributed by atoms with Crippen LogP contribution in [0.5, 0.6) is 0 Å². The zero-order chi connectivity index (χ0) is 28.8. The Labute approximate surface area is 257 Å². The van der Waals surface area contributed by atoms with Gasteiger partial charge >= 0.3 is 0 Å². The molecule has 2 nitrogen and oxygen atoms in total. The van der Waals surface area contributed by atoms with Gasteiger partial charge in [0.15, 0.2) is 0 Å². The van der Waals surface area contributed by atoms with Crippen LogP contribution in [0.15, 0.2) is 146 Å². The van der Waals surface area contributed by atoms with E-state index in [4.69, 9.17) is 4.98 Å². The topological polar surface area (TPSA) is 17.3 Å². The van der Waals surface area contributed by atoms with Crippen molar-refractivity contribution in [2.45, 2.75) is 0 Å². The molecule has 4 aromatic heterocycles. The largest absolute Gasteiger partial charge is 0.308 e. The quantitative estimate of drug-likeness (QED) is 0.204. The summed E-state index contributed by atoms with van der Waals surface area (Å²) >= 11 is 1.83. The highest BCUT2D eigenvalue weighted by Gasteiger charge is 2.18. The molecule has 204 valence electrons. The average Bonchev–Trinajstić information content (AvgIpc) is 3.75. The van der Waals surface area contributed by atoms with E-state index in [1.54, 1.807) is 0 Å². The monoisotopic (exact) mass is 576 g/mol. The van der Waals surface area contributed by atoms with Crippen molar-refractivity contribution >= 4 is 69.6 Å². The molecule has 0 unspecified atom stereocenters. The molecule has 10 aromatic rings. The van der Waals surface area contributed by atoms with Crippen LogP contribution in [0.4, 0.5) is 0 Å². The highest BCUT2D eigenvalue weighted by Crippen LogP contribution is 2.43. The molecule has 0 atom stereocenters. The summed E-state index contributed by atoms with van der Waals surface area (Å²) in [7, 11) is 0. The third kappa shape index (κ3) is 3.33. The Morgan fingerprint density at radius 1 is 0.432 bits per heavy atom. The van der Waals surface area contributed by atoms with Gasteiger partial charge in [0.1, 0.15) is 0 Å². The molecule has 0 amide bonds. The van der Waals surface area contributed by atoms with Gasteiger partial charge in [-0.05, 0) is 64.7 Å². The van der Waals surface area contributed by atoms with E-state index >= 15 is 0 Å². The first-order valence-corrected chi connectivity index (χ1v) is 15.8. The lowest BCUT2D eigenvalue weighted by molar-refractivity contribution is 1.36. The van der Waals surface area contributed by atoms with Gasteiger partial charge in [0.05, 0.1) is 26.9 Å². The van der Waals surface area contributed by atoms with Crippen LogP contribution in [0.25, 0.3) is 91.8 Å². The van der Waals surface area contributed by atoms with Crippen molar-refractivity contribution in [1.29, 1.82) is 0 Å². The molecule has 3 heteroatoms. The van der Waals surface area contributed by atoms with E-state index in [0.29, 0.717) is 0 Å². The number of fused-ring (bicyclic) bond motifs is 9. The van der Waals surface area contributed by atoms with E-state index < -0.39 is 0 Å². The zero-order valence-corrected chi connectivity index (χ0v) is 24.5. The number of benzene rings is 6. The number of aromatic nitrogens is 2. The lowest BCUT2D eigenvalue weighted by atomic mass is 9.94. The van der Waals surface area contributed by atoms with E-state index in [-0.39, 0.29) is 0 Å². The maximum absolute atomic E-state index is 4.99. The fraction of sp³-hybridized carbons (Fsp3) is 0. The van der Waals surface area contributed by atoms with E-state index in [9.17, 15) is 0 Å². The summed E-state index contributed by atoms with van der Waals surface area (Å²) in [6.45, 7) is 0. The summed E-state index contributed by atoms with van der Waals surface area (Å²) in [5.41, 5.74) is 10.8. The van der Waals surface area contributed by atoms with Gasteiger partial charge in [0, 0.05) is 48.8 Å². The predicted octanol–water partition coefficient (Wildman–Crippen LogP) is 11.6. The average molecular weight is 577 g/mol. The predicted molar refractivity (Wildman–Crippen MR) is 188 cm³/mol. The summed E-state index contributed by atoms with van der Waals surface area (Å²) in [6, 6.07) is 50.9. The third-order valence-electron chi connectivity index (χ3n) is 9.16. The number of rotatable bonds is 3. The van der Waals surface area contributed by atoms with Crippen LogP contribution in [0.3, 0.4) is 0 Å². The second-order valence-electron chi connectivity index (χ2n) is 11.6. The minimum absolute atomic E-state index is 1.04. The molecule has 0 aliphatic rings. The lowest BCUT2D eigenvalue weighted by Crippen LogP contribution is -1.89. The van der Waals surface area contributed by atoms with Crippen LogP contribution >= 0.6 is 11.3 Å². The minimum Gasteiger partial charge on any atom is -0.308 e. The normalized spacial score (nSPS) is 12.1. The number of nitrogens with zero attached hydrogens (tertiary/aromatic N) is 2. The fourth-order valence-corrected chi connectivity index (χ4v) is 8.41. The van der Waals surface area contributed by atoms with E-state index in [1.807, 2.05) is 17.5 Å². The van der Waals surface area contributed by atoms with Crippen LogP contribution in [0.2, 0.25) is 0 Å². The van der Waals surface area contributed by atoms with Crippen molar-refractivity contribution in [3.8, 4) is 33.5 Å². The zero-order valence-electron chi connectivity index (χ0n) is 23.7. The molecule has 0 aliphatic carbocycles. The van der Waals surface area contributed by atoms with Crippen LogP contribution in [-0.2, 0) is 0 Å². The van der Waals surface area contributed by atoms with Crippen molar-refractivity contribution in [3.05, 3.63) is 146 Å². The molecule has 0 fully saturated rings. The summed E-state index contributed by atoms with van der Waals surface area (Å²) < 4.78 is 4.98. The number of para-hydroxylation sites is 2. The van der Waals surface area contributed by atoms with Crippen molar-refractivity contribution in [1.82, 2.24) is 9.38 Å². The molecule has 0 bridgehead atoms. The van der Waals surface area contributed by atoms with Gasteiger partial charge in [0.2, 0.25) is 0 Å². The van der Waals surface area contributed by atoms with E-state index in [0.717, 1.165) is 11.3 Å². The number of pyridine rings is 1. The van der Waals surface area contributed by atoms with Gasteiger partial charge in [-0.3, -0.25) is 4.98 Å². The van der Waals surface area contributed by atoms with Gasteiger partial charge in [-0.2, -0.15) is 0 Å². The maximum atomic E-state index is 4.99. The van der Waals surface area contributed by atoms with Crippen LogP contribution < -0.4 is 0 Å². The smallest absolute Gasteiger partial charge is 0.0880 e. The van der Waals surface area contributed by atoms with Crippen molar-refractivity contribution in [2.24, 2.45) is 0 Å². The van der Waals surface area contributed by atoms with Gasteiger partial charge in [-0.1, -0.05) is 97.1 Å². The Morgan fingerprint density at radius 3 is 1.98 bits per heavy atom. The number of hydrogen-bond donors (Lipinski definition) is 0. The van der Waals surface area contributed by atoms with Crippen molar-refractivity contribution in [3.63, 3.8) is 0 Å². The molecule has 10 rings (SSSR count). The third-order valence-corrected chi connectivity index (χ3v) is 10.4. The van der Waals surface area contributed by atoms with E-state index in [1.165, 1.54) is 80.5 Å². The Hall–Kier alpha value is -5.51. The van der Waals surface area contributed by atoms with Crippen LogP contribution in [-0.4, -0.2) is 9.38 Å². The fourth-order valence-electron chi connectivity index (χ4n) is 7.20. The second-order valence-corrected chi connectivity index (χ2v) is 12.6. The Morgan fingerprint density at radius 2 is 1.11 bits per heavy atom. The highest BCUT2D eigenvalue weighted by atomic mass is 32.1. The molecule has 0 N–H and O–H groups in total. The molecular weight excluding hydrogens is 553 g/mol. The number of thiophene rings is 1. The molecule has 44 heavy (non-hydrogen) atoms. The summed E-state index contributed by atoms with van der Waals surface area (Å²) in [5, 5.41) is 7.76. The summed E-state index contributed by atoms with van der Waals surface area (Å²) in [4.78, 5) is 4.99. The molecular formula is C41H24N2S. The Balaban J connectivity index is 1.26. The van der Waals surface area contributed by atoms with Crippen LogP contribution in [0, 0.1) is 0 Å². The number of hydrogen-bond acceptors (Lipinski definition) is 2. The van der Waals surface area contributed by atoms with Gasteiger partial charge < -0.3 is 4.40 Å². The van der Waals surface area contributed by atoms with Gasteiger partial charge in [-0.25, -0.2) is 0 Å². The van der Waals surface area contributed by atoms with Crippen molar-refractivity contribution < 1.29 is 0 Å². The highest BCUT2D eigenvalue weighted by molar-refractivity contribution is 7.26. The first-order chi connectivity index (χ1) is 21.8. The molecule has 0 radical (unpaired) electrons. The molecule has 0 spiro atoms. The first kappa shape index (κ1) is 24.0. The second kappa shape index (κ2) is 9.00. The standard InChI is InChI=1S/C41H24N2S/c1-2-9-25(10-3-1)27-21-28(23-29(22-27)39-41-35(19-20-42-39)32-12-5-7-16-38(32)44-41)26-17-18-31-34-14-8-13-33-30-11-4-6-15-36(30)43(40(33)34)37(31)24-26/h1-24H. The molecule has 4 heterocycles. The molecule has 0 saturated carbocycles. The Kier molecular flexibility index (Phi) is 4.90. The maximum Gasteiger partial charge on any atom is 0.0880 e. The van der Waals surface area contributed by atoms with Crippen LogP contribution in [0.1, 0.15) is 0 Å². The SMILES string of the molecule is c1ccc(-c2cc(-c3ccc4c5cccc6c7ccccc7n(c4c3)c65)cc(-c3nccc4c3sc3ccccc34)c2)cc1. The minimum atomic E-state index is 1.04. The van der Waals surface area contributed by atoms with Gasteiger partial charge in [0.25, 0.3) is 0 Å². The molecule has 6 aromatic carbocycles. The molecule has 0 saturated heterocycles. The Bertz CT molecular complexity index is 2710. The molecule has 0 aliphatic heterocycles. The lowest BCUT2D eigenvalue weighted by Gasteiger charge is -2.12. The summed E-state index contributed by atoms with van der Waals surface area (Å²) in [6.07, 6.45) is 1.96. The van der Waals surface area contributed by atoms with E-state index in [2.05, 4.69) is 144 Å². The first-order valence-electron chi connectivity index (χ1n) is 15.0. The van der Waals surface area contributed by atoms with Crippen molar-refractivity contribution in [2.75, 3.05) is 0 Å². The van der Waals surface area contributed by atoms with Gasteiger partial charge in [-0.15, -0.1) is 11.3 Å². The summed E-state index contributed by atoms with van der Waals surface area (Å²) in [5.74, 6) is 0.